The smallest absolute Gasteiger partial charge is 0.279 e. The fourth-order valence-corrected chi connectivity index (χ4v) is 2.63. The van der Waals surface area contributed by atoms with Gasteiger partial charge in [0.2, 0.25) is 0 Å². The van der Waals surface area contributed by atoms with Crippen molar-refractivity contribution in [1.29, 1.82) is 0 Å². The summed E-state index contributed by atoms with van der Waals surface area (Å²) in [5.41, 5.74) is 1.35. The Bertz CT molecular complexity index is 663. The molecule has 0 saturated heterocycles. The summed E-state index contributed by atoms with van der Waals surface area (Å²) in [7, 11) is -1.86. The van der Waals surface area contributed by atoms with Crippen molar-refractivity contribution in [2.75, 3.05) is 11.8 Å². The molecule has 0 bridgehead atoms. The van der Waals surface area contributed by atoms with Gasteiger partial charge in [-0.15, -0.1) is 0 Å². The normalized spacial score (nSPS) is 11.5. The first kappa shape index (κ1) is 14.5. The molecule has 20 heavy (non-hydrogen) atoms. The van der Waals surface area contributed by atoms with Crippen LogP contribution in [0.15, 0.2) is 35.7 Å². The van der Waals surface area contributed by atoms with Gasteiger partial charge in [0.25, 0.3) is 10.0 Å². The van der Waals surface area contributed by atoms with E-state index < -0.39 is 10.0 Å². The van der Waals surface area contributed by atoms with Crippen LogP contribution < -0.4 is 10.0 Å². The second-order valence-corrected chi connectivity index (χ2v) is 5.85. The maximum absolute atomic E-state index is 12.1. The summed E-state index contributed by atoms with van der Waals surface area (Å²) in [6.07, 6.45) is 4.64. The van der Waals surface area contributed by atoms with Crippen LogP contribution in [0.2, 0.25) is 0 Å². The number of nitrogens with zero attached hydrogens (tertiary/aromatic N) is 3. The SMILES string of the molecule is CCn1cc(NS(=O)(=O)c2ccc(CNC)cn2)cn1. The summed E-state index contributed by atoms with van der Waals surface area (Å²) in [6.45, 7) is 3.25. The van der Waals surface area contributed by atoms with Crippen molar-refractivity contribution >= 4 is 15.7 Å². The van der Waals surface area contributed by atoms with Crippen LogP contribution in [0.3, 0.4) is 0 Å². The van der Waals surface area contributed by atoms with Gasteiger partial charge < -0.3 is 5.32 Å². The molecule has 2 aromatic rings. The van der Waals surface area contributed by atoms with Crippen molar-refractivity contribution < 1.29 is 8.42 Å². The number of hydrogen-bond donors (Lipinski definition) is 2. The number of anilines is 1. The monoisotopic (exact) mass is 295 g/mol. The number of nitrogens with one attached hydrogen (secondary N) is 2. The fourth-order valence-electron chi connectivity index (χ4n) is 1.68. The van der Waals surface area contributed by atoms with Gasteiger partial charge in [0.05, 0.1) is 11.9 Å². The van der Waals surface area contributed by atoms with Gasteiger partial charge in [0.1, 0.15) is 0 Å². The lowest BCUT2D eigenvalue weighted by molar-refractivity contribution is 0.597. The van der Waals surface area contributed by atoms with Crippen LogP contribution in [0, 0.1) is 0 Å². The minimum Gasteiger partial charge on any atom is -0.316 e. The molecule has 2 rings (SSSR count). The lowest BCUT2D eigenvalue weighted by Gasteiger charge is -2.06. The molecule has 8 heteroatoms. The summed E-state index contributed by atoms with van der Waals surface area (Å²) in [5, 5.41) is 6.97. The van der Waals surface area contributed by atoms with Crippen molar-refractivity contribution in [3.8, 4) is 0 Å². The van der Waals surface area contributed by atoms with Crippen molar-refractivity contribution in [3.63, 3.8) is 0 Å². The van der Waals surface area contributed by atoms with E-state index in [4.69, 9.17) is 0 Å². The molecule has 0 aromatic carbocycles. The van der Waals surface area contributed by atoms with Gasteiger partial charge in [-0.3, -0.25) is 9.40 Å². The lowest BCUT2D eigenvalue weighted by atomic mass is 10.3. The largest absolute Gasteiger partial charge is 0.316 e. The summed E-state index contributed by atoms with van der Waals surface area (Å²) in [5.74, 6) is 0. The van der Waals surface area contributed by atoms with E-state index in [2.05, 4.69) is 20.1 Å². The molecule has 0 amide bonds. The molecule has 0 aliphatic heterocycles. The first-order chi connectivity index (χ1) is 9.55. The summed E-state index contributed by atoms with van der Waals surface area (Å²) >= 11 is 0. The Hall–Kier alpha value is -1.93. The molecule has 2 N–H and O–H groups in total. The van der Waals surface area contributed by atoms with Crippen LogP contribution in [0.1, 0.15) is 12.5 Å². The molecule has 0 unspecified atom stereocenters. The average molecular weight is 295 g/mol. The zero-order valence-electron chi connectivity index (χ0n) is 11.4. The summed E-state index contributed by atoms with van der Waals surface area (Å²) < 4.78 is 28.4. The molecule has 2 heterocycles. The van der Waals surface area contributed by atoms with Crippen LogP contribution >= 0.6 is 0 Å². The summed E-state index contributed by atoms with van der Waals surface area (Å²) in [4.78, 5) is 3.97. The fraction of sp³-hybridized carbons (Fsp3) is 0.333. The van der Waals surface area contributed by atoms with E-state index >= 15 is 0 Å². The van der Waals surface area contributed by atoms with Gasteiger partial charge in [-0.25, -0.2) is 4.98 Å². The third-order valence-electron chi connectivity index (χ3n) is 2.66. The number of pyridine rings is 1. The molecular formula is C12H17N5O2S. The van der Waals surface area contributed by atoms with E-state index in [1.54, 1.807) is 23.1 Å². The number of sulfonamides is 1. The maximum Gasteiger partial charge on any atom is 0.279 e. The highest BCUT2D eigenvalue weighted by Crippen LogP contribution is 2.13. The molecule has 0 spiro atoms. The molecule has 108 valence electrons. The van der Waals surface area contributed by atoms with Crippen molar-refractivity contribution in [3.05, 3.63) is 36.3 Å². The van der Waals surface area contributed by atoms with E-state index in [9.17, 15) is 8.42 Å². The molecule has 0 aliphatic rings. The van der Waals surface area contributed by atoms with Crippen molar-refractivity contribution in [1.82, 2.24) is 20.1 Å². The zero-order chi connectivity index (χ0) is 14.6. The Morgan fingerprint density at radius 3 is 2.65 bits per heavy atom. The molecule has 0 radical (unpaired) electrons. The van der Waals surface area contributed by atoms with Gasteiger partial charge in [-0.2, -0.15) is 13.5 Å². The van der Waals surface area contributed by atoms with Crippen LogP contribution in [0.25, 0.3) is 0 Å². The molecule has 0 atom stereocenters. The third kappa shape index (κ3) is 3.34. The Morgan fingerprint density at radius 2 is 2.10 bits per heavy atom. The van der Waals surface area contributed by atoms with Gasteiger partial charge >= 0.3 is 0 Å². The van der Waals surface area contributed by atoms with E-state index in [0.29, 0.717) is 18.8 Å². The first-order valence-electron chi connectivity index (χ1n) is 6.20. The topological polar surface area (TPSA) is 88.9 Å². The Labute approximate surface area is 118 Å². The number of rotatable bonds is 6. The highest BCUT2D eigenvalue weighted by molar-refractivity contribution is 7.92. The third-order valence-corrected chi connectivity index (χ3v) is 3.96. The van der Waals surface area contributed by atoms with Gasteiger partial charge in [0.15, 0.2) is 5.03 Å². The second kappa shape index (κ2) is 6.02. The predicted octanol–water partition coefficient (Wildman–Crippen LogP) is 0.818. The maximum atomic E-state index is 12.1. The second-order valence-electron chi connectivity index (χ2n) is 4.23. The molecular weight excluding hydrogens is 278 g/mol. The van der Waals surface area contributed by atoms with Gasteiger partial charge in [-0.1, -0.05) is 6.07 Å². The predicted molar refractivity (Wildman–Crippen MR) is 75.7 cm³/mol. The van der Waals surface area contributed by atoms with Crippen molar-refractivity contribution in [2.24, 2.45) is 0 Å². The molecule has 2 aromatic heterocycles. The van der Waals surface area contributed by atoms with Gasteiger partial charge in [0, 0.05) is 25.5 Å². The van der Waals surface area contributed by atoms with Gasteiger partial charge in [-0.05, 0) is 25.6 Å². The minimum absolute atomic E-state index is 0.0124. The standard InChI is InChI=1S/C12H17N5O2S/c1-3-17-9-11(8-15-17)16-20(18,19)12-5-4-10(6-13-2)7-14-12/h4-5,7-9,13,16H,3,6H2,1-2H3. The zero-order valence-corrected chi connectivity index (χ0v) is 12.2. The highest BCUT2D eigenvalue weighted by Gasteiger charge is 2.16. The molecule has 0 saturated carbocycles. The number of aromatic nitrogens is 3. The van der Waals surface area contributed by atoms with Crippen LogP contribution in [-0.4, -0.2) is 30.2 Å². The Kier molecular flexibility index (Phi) is 4.35. The first-order valence-corrected chi connectivity index (χ1v) is 7.68. The van der Waals surface area contributed by atoms with E-state index in [0.717, 1.165) is 5.56 Å². The van der Waals surface area contributed by atoms with Crippen LogP contribution in [0.4, 0.5) is 5.69 Å². The van der Waals surface area contributed by atoms with E-state index in [-0.39, 0.29) is 5.03 Å². The lowest BCUT2D eigenvalue weighted by Crippen LogP contribution is -2.14. The average Bonchev–Trinajstić information content (AvgIpc) is 2.87. The number of aryl methyl sites for hydroxylation is 1. The molecule has 0 aliphatic carbocycles. The molecule has 7 nitrogen and oxygen atoms in total. The highest BCUT2D eigenvalue weighted by atomic mass is 32.2. The Morgan fingerprint density at radius 1 is 1.30 bits per heavy atom. The van der Waals surface area contributed by atoms with Crippen LogP contribution in [-0.2, 0) is 23.1 Å². The van der Waals surface area contributed by atoms with E-state index in [1.165, 1.54) is 12.3 Å². The van der Waals surface area contributed by atoms with E-state index in [1.807, 2.05) is 14.0 Å². The quantitative estimate of drug-likeness (QED) is 0.823. The molecule has 0 fully saturated rings. The Balaban J connectivity index is 2.17. The van der Waals surface area contributed by atoms with Crippen LogP contribution in [0.5, 0.6) is 0 Å². The number of hydrogen-bond acceptors (Lipinski definition) is 5. The minimum atomic E-state index is -3.67. The summed E-state index contributed by atoms with van der Waals surface area (Å²) in [6, 6.07) is 3.22. The van der Waals surface area contributed by atoms with Crippen molar-refractivity contribution in [2.45, 2.75) is 25.0 Å².